The summed E-state index contributed by atoms with van der Waals surface area (Å²) >= 11 is 0. The molecule has 2 aromatic rings. The number of ether oxygens (including phenoxy) is 2. The number of methoxy groups -OCH3 is 1. The van der Waals surface area contributed by atoms with Crippen molar-refractivity contribution in [3.05, 3.63) is 62.3 Å². The second-order valence-corrected chi connectivity index (χ2v) is 7.47. The molecule has 0 amide bonds. The van der Waals surface area contributed by atoms with E-state index in [4.69, 9.17) is 15.2 Å². The molecule has 3 aliphatic rings. The minimum atomic E-state index is -0.927. The highest BCUT2D eigenvalue weighted by molar-refractivity contribution is 5.85. The third kappa shape index (κ3) is 3.05. The molecule has 0 saturated heterocycles. The molecule has 0 bridgehead atoms. The Hall–Kier alpha value is -3.13. The van der Waals surface area contributed by atoms with E-state index in [-0.39, 0.29) is 23.9 Å². The molecule has 31 heavy (non-hydrogen) atoms. The van der Waals surface area contributed by atoms with Crippen molar-refractivity contribution >= 4 is 22.9 Å². The number of hydrogen-bond acceptors (Lipinski definition) is 6. The van der Waals surface area contributed by atoms with E-state index in [1.54, 1.807) is 10.6 Å². The first-order valence-electron chi connectivity index (χ1n) is 10.5. The summed E-state index contributed by atoms with van der Waals surface area (Å²) in [5.74, 6) is -0.995. The minimum Gasteiger partial charge on any atom is -0.458 e. The molecule has 3 aliphatic heterocycles. The summed E-state index contributed by atoms with van der Waals surface area (Å²) in [6, 6.07) is 4.59. The highest BCUT2D eigenvalue weighted by Crippen LogP contribution is 2.47. The number of anilines is 2. The van der Waals surface area contributed by atoms with E-state index in [1.807, 2.05) is 26.8 Å². The molecule has 2 atom stereocenters. The Labute approximate surface area is 179 Å². The van der Waals surface area contributed by atoms with Crippen LogP contribution in [0.15, 0.2) is 28.6 Å². The van der Waals surface area contributed by atoms with Gasteiger partial charge in [-0.05, 0) is 35.8 Å². The van der Waals surface area contributed by atoms with E-state index in [0.717, 1.165) is 28.8 Å². The average Bonchev–Trinajstić information content (AvgIpc) is 3.13. The first kappa shape index (κ1) is 21.1. The van der Waals surface area contributed by atoms with Crippen molar-refractivity contribution in [3.8, 4) is 0 Å². The Kier molecular flexibility index (Phi) is 5.35. The lowest BCUT2D eigenvalue weighted by Crippen LogP contribution is -2.33. The first-order valence-corrected chi connectivity index (χ1v) is 10.5. The second-order valence-electron chi connectivity index (χ2n) is 7.47. The number of cyclic esters (lactones) is 1. The Bertz CT molecular complexity index is 1170. The van der Waals surface area contributed by atoms with Crippen LogP contribution in [-0.4, -0.2) is 17.6 Å². The van der Waals surface area contributed by atoms with Crippen molar-refractivity contribution in [2.24, 2.45) is 0 Å². The number of carbonyl (C=O) groups is 1. The molecule has 4 heterocycles. The molecule has 164 valence electrons. The summed E-state index contributed by atoms with van der Waals surface area (Å²) in [6.07, 6.45) is -0.208. The Balaban J connectivity index is 0.00000112. The van der Waals surface area contributed by atoms with E-state index in [1.165, 1.54) is 13.2 Å². The van der Waals surface area contributed by atoms with Crippen LogP contribution < -0.4 is 16.6 Å². The fourth-order valence-electron chi connectivity index (χ4n) is 4.65. The Morgan fingerprint density at radius 3 is 2.71 bits per heavy atom. The van der Waals surface area contributed by atoms with Gasteiger partial charge in [-0.15, -0.1) is 0 Å². The number of fused-ring (bicyclic) bond motifs is 5. The summed E-state index contributed by atoms with van der Waals surface area (Å²) in [6.45, 7) is 6.38. The van der Waals surface area contributed by atoms with Crippen LogP contribution in [0.2, 0.25) is 0 Å². The number of aromatic nitrogens is 1. The molecule has 0 saturated carbocycles. The highest BCUT2D eigenvalue weighted by Gasteiger charge is 2.39. The zero-order valence-electron chi connectivity index (χ0n) is 18.0. The van der Waals surface area contributed by atoms with Gasteiger partial charge < -0.3 is 25.1 Å². The van der Waals surface area contributed by atoms with Crippen LogP contribution in [0.5, 0.6) is 0 Å². The number of esters is 1. The number of nitrogens with zero attached hydrogens (tertiary/aromatic N) is 1. The van der Waals surface area contributed by atoms with Crippen LogP contribution in [0, 0.1) is 5.82 Å². The van der Waals surface area contributed by atoms with Gasteiger partial charge in [0.05, 0.1) is 17.3 Å². The van der Waals surface area contributed by atoms with Gasteiger partial charge in [-0.3, -0.25) is 4.79 Å². The van der Waals surface area contributed by atoms with Gasteiger partial charge in [-0.1, -0.05) is 20.8 Å². The van der Waals surface area contributed by atoms with Gasteiger partial charge in [0, 0.05) is 36.2 Å². The number of nitrogen functional groups attached to an aromatic ring is 1. The SMILES string of the molecule is CC.CCC1=C2Cn3c(cc4c(c3=O)COC(=O)C4OC)C2Nc2cc(F)c(N)cc21. The summed E-state index contributed by atoms with van der Waals surface area (Å²) in [4.78, 5) is 25.3. The predicted molar refractivity (Wildman–Crippen MR) is 116 cm³/mol. The Morgan fingerprint density at radius 2 is 2.03 bits per heavy atom. The van der Waals surface area contributed by atoms with E-state index >= 15 is 0 Å². The van der Waals surface area contributed by atoms with Crippen LogP contribution in [0.25, 0.3) is 5.57 Å². The molecular formula is C23H26FN3O4. The molecule has 7 nitrogen and oxygen atoms in total. The van der Waals surface area contributed by atoms with Crippen LogP contribution in [0.1, 0.15) is 61.7 Å². The quantitative estimate of drug-likeness (QED) is 0.561. The van der Waals surface area contributed by atoms with Crippen LogP contribution >= 0.6 is 0 Å². The van der Waals surface area contributed by atoms with E-state index < -0.39 is 17.9 Å². The van der Waals surface area contributed by atoms with Crippen molar-refractivity contribution in [2.45, 2.75) is 52.5 Å². The van der Waals surface area contributed by atoms with Gasteiger partial charge in [0.1, 0.15) is 12.4 Å². The summed E-state index contributed by atoms with van der Waals surface area (Å²) in [5, 5.41) is 3.36. The Morgan fingerprint density at radius 1 is 1.29 bits per heavy atom. The molecule has 0 fully saturated rings. The molecule has 8 heteroatoms. The number of pyridine rings is 1. The normalized spacial score (nSPS) is 20.5. The maximum Gasteiger partial charge on any atom is 0.340 e. The molecule has 3 N–H and O–H groups in total. The smallest absolute Gasteiger partial charge is 0.340 e. The topological polar surface area (TPSA) is 95.6 Å². The third-order valence-corrected chi connectivity index (χ3v) is 6.03. The van der Waals surface area contributed by atoms with Crippen LogP contribution in [0.3, 0.4) is 0 Å². The lowest BCUT2D eigenvalue weighted by molar-refractivity contribution is -0.159. The van der Waals surface area contributed by atoms with Crippen LogP contribution in [-0.2, 0) is 27.4 Å². The molecule has 0 radical (unpaired) electrons. The second kappa shape index (κ2) is 7.85. The maximum atomic E-state index is 14.1. The number of carbonyl (C=O) groups excluding carboxylic acids is 1. The van der Waals surface area contributed by atoms with Crippen molar-refractivity contribution < 1.29 is 18.7 Å². The number of nitrogens with one attached hydrogen (secondary N) is 1. The van der Waals surface area contributed by atoms with Crippen molar-refractivity contribution in [1.82, 2.24) is 4.57 Å². The summed E-state index contributed by atoms with van der Waals surface area (Å²) in [7, 11) is 1.41. The summed E-state index contributed by atoms with van der Waals surface area (Å²) < 4.78 is 26.2. The lowest BCUT2D eigenvalue weighted by atomic mass is 9.88. The van der Waals surface area contributed by atoms with Crippen molar-refractivity contribution in [2.75, 3.05) is 18.2 Å². The highest BCUT2D eigenvalue weighted by atomic mass is 19.1. The zero-order valence-corrected chi connectivity index (χ0v) is 18.0. The fraction of sp³-hybridized carbons (Fsp3) is 0.391. The molecular weight excluding hydrogens is 401 g/mol. The maximum absolute atomic E-state index is 14.1. The molecule has 1 aromatic heterocycles. The largest absolute Gasteiger partial charge is 0.458 e. The third-order valence-electron chi connectivity index (χ3n) is 6.03. The van der Waals surface area contributed by atoms with Crippen molar-refractivity contribution in [3.63, 3.8) is 0 Å². The standard InChI is InChI=1S/C21H20FN3O4.C2H6/c1-3-9-10-4-15(23)14(22)6-16(10)24-18-12(9)7-25-17(18)5-11-13(20(25)26)8-29-21(27)19(11)28-2;1-2/h4-6,18-19,24H,3,7-8,23H2,1-2H3;1-2H3. The average molecular weight is 427 g/mol. The lowest BCUT2D eigenvalue weighted by Gasteiger charge is -2.29. The predicted octanol–water partition coefficient (Wildman–Crippen LogP) is 3.68. The first-order chi connectivity index (χ1) is 14.9. The number of hydrogen-bond donors (Lipinski definition) is 2. The van der Waals surface area contributed by atoms with E-state index in [0.29, 0.717) is 23.4 Å². The van der Waals surface area contributed by atoms with Gasteiger partial charge >= 0.3 is 5.97 Å². The van der Waals surface area contributed by atoms with Gasteiger partial charge in [0.2, 0.25) is 0 Å². The number of allylic oxidation sites excluding steroid dienone is 1. The number of nitrogens with two attached hydrogens (primary N) is 1. The van der Waals surface area contributed by atoms with Crippen molar-refractivity contribution in [1.29, 1.82) is 0 Å². The van der Waals surface area contributed by atoms with Gasteiger partial charge in [-0.2, -0.15) is 0 Å². The van der Waals surface area contributed by atoms with Gasteiger partial charge in [0.25, 0.3) is 5.56 Å². The van der Waals surface area contributed by atoms with E-state index in [2.05, 4.69) is 5.32 Å². The number of benzene rings is 1. The molecule has 2 unspecified atom stereocenters. The van der Waals surface area contributed by atoms with E-state index in [9.17, 15) is 14.0 Å². The summed E-state index contributed by atoms with van der Waals surface area (Å²) in [5.41, 5.74) is 11.0. The zero-order chi connectivity index (χ0) is 22.4. The number of halogens is 1. The molecule has 0 aliphatic carbocycles. The monoisotopic (exact) mass is 427 g/mol. The minimum absolute atomic E-state index is 0.0626. The van der Waals surface area contributed by atoms with Crippen LogP contribution in [0.4, 0.5) is 15.8 Å². The molecule has 0 spiro atoms. The molecule has 1 aromatic carbocycles. The van der Waals surface area contributed by atoms with Gasteiger partial charge in [0.15, 0.2) is 6.10 Å². The molecule has 5 rings (SSSR count). The number of rotatable bonds is 2. The van der Waals surface area contributed by atoms with Gasteiger partial charge in [-0.25, -0.2) is 9.18 Å². The fourth-order valence-corrected chi connectivity index (χ4v) is 4.65.